The van der Waals surface area contributed by atoms with E-state index in [0.29, 0.717) is 6.42 Å². The fourth-order valence-electron chi connectivity index (χ4n) is 5.13. The molecule has 0 aliphatic carbocycles. The molecule has 1 saturated heterocycles. The number of fused-ring (bicyclic) bond motifs is 1. The fourth-order valence-corrected chi connectivity index (χ4v) is 5.13. The van der Waals surface area contributed by atoms with Crippen molar-refractivity contribution in [1.29, 1.82) is 0 Å². The van der Waals surface area contributed by atoms with Crippen molar-refractivity contribution in [3.63, 3.8) is 0 Å². The van der Waals surface area contributed by atoms with E-state index < -0.39 is 23.8 Å². The van der Waals surface area contributed by atoms with Crippen molar-refractivity contribution in [2.45, 2.75) is 64.1 Å². The van der Waals surface area contributed by atoms with Gasteiger partial charge in [-0.15, -0.1) is 0 Å². The highest BCUT2D eigenvalue weighted by Gasteiger charge is 2.37. The molecule has 1 fully saturated rings. The first-order valence-electron chi connectivity index (χ1n) is 14.3. The predicted molar refractivity (Wildman–Crippen MR) is 161 cm³/mol. The van der Waals surface area contributed by atoms with Gasteiger partial charge in [0.05, 0.1) is 0 Å². The molecule has 0 unspecified atom stereocenters. The molecule has 8 heteroatoms. The van der Waals surface area contributed by atoms with Gasteiger partial charge in [-0.25, -0.2) is 9.80 Å². The zero-order chi connectivity index (χ0) is 29.6. The first kappa shape index (κ1) is 30.1. The maximum Gasteiger partial charge on any atom is 0.410 e. The molecule has 218 valence electrons. The Morgan fingerprint density at radius 3 is 2.07 bits per heavy atom. The van der Waals surface area contributed by atoms with Crippen LogP contribution in [0.2, 0.25) is 0 Å². The van der Waals surface area contributed by atoms with Crippen LogP contribution in [0.25, 0.3) is 10.8 Å². The molecule has 1 N–H and O–H groups in total. The van der Waals surface area contributed by atoms with Gasteiger partial charge in [-0.2, -0.15) is 0 Å². The topological polar surface area (TPSA) is 82.2 Å². The average Bonchev–Trinajstić information content (AvgIpc) is 3.46. The molecule has 1 aliphatic heterocycles. The summed E-state index contributed by atoms with van der Waals surface area (Å²) in [5.41, 5.74) is 4.15. The van der Waals surface area contributed by atoms with Crippen LogP contribution in [-0.2, 0) is 27.2 Å². The van der Waals surface area contributed by atoms with E-state index in [1.807, 2.05) is 77.8 Å². The van der Waals surface area contributed by atoms with E-state index in [4.69, 9.17) is 4.74 Å². The number of hydrogen-bond donors (Lipinski definition) is 1. The highest BCUT2D eigenvalue weighted by Crippen LogP contribution is 2.21. The highest BCUT2D eigenvalue weighted by molar-refractivity contribution is 5.91. The molecule has 1 heterocycles. The number of nitrogens with one attached hydrogen (secondary N) is 1. The second kappa shape index (κ2) is 13.2. The number of hydrogen-bond acceptors (Lipinski definition) is 5. The molecule has 1 aliphatic rings. The number of benzene rings is 3. The molecule has 0 aromatic heterocycles. The van der Waals surface area contributed by atoms with Gasteiger partial charge in [0, 0.05) is 40.0 Å². The monoisotopic (exact) mass is 558 g/mol. The lowest BCUT2D eigenvalue weighted by atomic mass is 9.98. The van der Waals surface area contributed by atoms with Crippen molar-refractivity contribution in [1.82, 2.24) is 20.2 Å². The third-order valence-corrected chi connectivity index (χ3v) is 7.44. The third kappa shape index (κ3) is 8.07. The summed E-state index contributed by atoms with van der Waals surface area (Å²) in [5.74, 6) is -0.569. The zero-order valence-corrected chi connectivity index (χ0v) is 24.8. The first-order chi connectivity index (χ1) is 19.5. The Morgan fingerprint density at radius 1 is 0.805 bits per heavy atom. The average molecular weight is 559 g/mol. The van der Waals surface area contributed by atoms with Crippen LogP contribution in [0.15, 0.2) is 72.8 Å². The molecule has 8 nitrogen and oxygen atoms in total. The number of likely N-dealkylation sites (N-methyl/N-ethyl adjacent to an activating group) is 2. The van der Waals surface area contributed by atoms with Crippen LogP contribution in [0.1, 0.15) is 44.7 Å². The summed E-state index contributed by atoms with van der Waals surface area (Å²) in [6, 6.07) is 22.1. The van der Waals surface area contributed by atoms with Crippen LogP contribution in [0.4, 0.5) is 4.79 Å². The van der Waals surface area contributed by atoms with Gasteiger partial charge >= 0.3 is 6.09 Å². The van der Waals surface area contributed by atoms with Crippen molar-refractivity contribution >= 4 is 28.7 Å². The zero-order valence-electron chi connectivity index (χ0n) is 24.8. The van der Waals surface area contributed by atoms with E-state index in [-0.39, 0.29) is 18.2 Å². The summed E-state index contributed by atoms with van der Waals surface area (Å²) in [5, 5.41) is 4.06. The van der Waals surface area contributed by atoms with Gasteiger partial charge in [-0.05, 0) is 55.5 Å². The summed E-state index contributed by atoms with van der Waals surface area (Å²) in [6.07, 6.45) is 2.07. The molecule has 0 radical (unpaired) electrons. The summed E-state index contributed by atoms with van der Waals surface area (Å²) in [6.45, 7) is 6.96. The Hall–Kier alpha value is -3.91. The molecule has 0 bridgehead atoms. The molecule has 2 atom stereocenters. The van der Waals surface area contributed by atoms with E-state index in [9.17, 15) is 14.4 Å². The highest BCUT2D eigenvalue weighted by atomic mass is 16.6. The molecule has 41 heavy (non-hydrogen) atoms. The molecule has 4 rings (SSSR count). The Labute approximate surface area is 243 Å². The van der Waals surface area contributed by atoms with Gasteiger partial charge in [0.1, 0.15) is 17.7 Å². The van der Waals surface area contributed by atoms with E-state index in [1.165, 1.54) is 9.80 Å². The summed E-state index contributed by atoms with van der Waals surface area (Å²) < 4.78 is 5.64. The third-order valence-electron chi connectivity index (χ3n) is 7.44. The summed E-state index contributed by atoms with van der Waals surface area (Å²) in [4.78, 5) is 43.9. The molecule has 0 spiro atoms. The minimum absolute atomic E-state index is 0.240. The van der Waals surface area contributed by atoms with Crippen LogP contribution in [0.3, 0.4) is 0 Å². The Morgan fingerprint density at radius 2 is 1.41 bits per heavy atom. The molecule has 0 saturated carbocycles. The Balaban J connectivity index is 1.64. The van der Waals surface area contributed by atoms with Gasteiger partial charge in [0.25, 0.3) is 5.91 Å². The first-order valence-corrected chi connectivity index (χ1v) is 14.3. The van der Waals surface area contributed by atoms with E-state index >= 15 is 0 Å². The van der Waals surface area contributed by atoms with Crippen molar-refractivity contribution in [3.8, 4) is 0 Å². The second-order valence-corrected chi connectivity index (χ2v) is 11.8. The molecular weight excluding hydrogens is 516 g/mol. The minimum Gasteiger partial charge on any atom is -0.444 e. The fraction of sp³-hybridized carbons (Fsp3) is 0.424. The van der Waals surface area contributed by atoms with Crippen molar-refractivity contribution in [2.75, 3.05) is 27.2 Å². The number of hydrazine groups is 1. The number of carbonyl (C=O) groups is 3. The number of rotatable bonds is 9. The smallest absolute Gasteiger partial charge is 0.410 e. The maximum atomic E-state index is 14.3. The van der Waals surface area contributed by atoms with E-state index in [2.05, 4.69) is 5.43 Å². The van der Waals surface area contributed by atoms with Gasteiger partial charge in [-0.3, -0.25) is 19.9 Å². The number of ether oxygens (including phenoxy) is 1. The van der Waals surface area contributed by atoms with Crippen LogP contribution >= 0.6 is 0 Å². The van der Waals surface area contributed by atoms with Gasteiger partial charge in [-0.1, -0.05) is 72.8 Å². The van der Waals surface area contributed by atoms with Crippen LogP contribution < -0.4 is 5.43 Å². The van der Waals surface area contributed by atoms with E-state index in [1.54, 1.807) is 34.9 Å². The van der Waals surface area contributed by atoms with Gasteiger partial charge in [0.15, 0.2) is 0 Å². The molecular formula is C33H42N4O4. The normalized spacial score (nSPS) is 15.2. The van der Waals surface area contributed by atoms with Crippen LogP contribution in [0, 0.1) is 0 Å². The predicted octanol–water partition coefficient (Wildman–Crippen LogP) is 4.81. The lowest BCUT2D eigenvalue weighted by Gasteiger charge is -2.35. The van der Waals surface area contributed by atoms with Crippen LogP contribution in [0.5, 0.6) is 0 Å². The SMILES string of the molecule is CN(C(=O)OC(C)(C)C)[C@H](Cc1ccc2ccccc2c1)C(=O)N(C)[C@H](Cc1ccccc1)C(=O)NN1CCCC1. The molecule has 3 aromatic carbocycles. The standard InChI is InChI=1S/C33H42N4O4/c1-33(2,3)41-32(40)36(5)29(23-25-17-18-26-15-9-10-16-27(26)21-25)31(39)35(4)28(22-24-13-7-6-8-14-24)30(38)34-37-19-11-12-20-37/h6-10,13-18,21,28-29H,11-12,19-20,22-23H2,1-5H3,(H,34,38)/t28-,29-/m1/s1. The molecule has 3 aromatic rings. The quantitative estimate of drug-likeness (QED) is 0.408. The number of nitrogens with zero attached hydrogens (tertiary/aromatic N) is 3. The number of amides is 3. The van der Waals surface area contributed by atoms with Gasteiger partial charge in [0.2, 0.25) is 5.91 Å². The van der Waals surface area contributed by atoms with Crippen LogP contribution in [-0.4, -0.2) is 77.6 Å². The Bertz CT molecular complexity index is 1350. The summed E-state index contributed by atoms with van der Waals surface area (Å²) in [7, 11) is 3.23. The second-order valence-electron chi connectivity index (χ2n) is 11.8. The van der Waals surface area contributed by atoms with Crippen molar-refractivity contribution < 1.29 is 19.1 Å². The molecule has 3 amide bonds. The van der Waals surface area contributed by atoms with Gasteiger partial charge < -0.3 is 9.64 Å². The van der Waals surface area contributed by atoms with E-state index in [0.717, 1.165) is 47.8 Å². The Kier molecular flexibility index (Phi) is 9.65. The lowest BCUT2D eigenvalue weighted by molar-refractivity contribution is -0.144. The van der Waals surface area contributed by atoms with Crippen molar-refractivity contribution in [3.05, 3.63) is 83.9 Å². The largest absolute Gasteiger partial charge is 0.444 e. The van der Waals surface area contributed by atoms with Crippen molar-refractivity contribution in [2.24, 2.45) is 0 Å². The summed E-state index contributed by atoms with van der Waals surface area (Å²) >= 11 is 0. The number of carbonyl (C=O) groups excluding carboxylic acids is 3. The lowest BCUT2D eigenvalue weighted by Crippen LogP contribution is -2.58. The minimum atomic E-state index is -0.881. The maximum absolute atomic E-state index is 14.3.